The van der Waals surface area contributed by atoms with E-state index in [4.69, 9.17) is 5.73 Å². The molecule has 0 bridgehead atoms. The number of hydrogen-bond donors (Lipinski definition) is 2. The first-order valence-electron chi connectivity index (χ1n) is 5.19. The summed E-state index contributed by atoms with van der Waals surface area (Å²) in [5, 5.41) is 6.75. The third-order valence-corrected chi connectivity index (χ3v) is 2.69. The van der Waals surface area contributed by atoms with E-state index >= 15 is 0 Å². The maximum Gasteiger partial charge on any atom is 0.254 e. The molecule has 0 saturated heterocycles. The lowest BCUT2D eigenvalue weighted by Crippen LogP contribution is -2.38. The quantitative estimate of drug-likeness (QED) is 0.801. The fourth-order valence-electron chi connectivity index (χ4n) is 1.54. The predicted molar refractivity (Wildman–Crippen MR) is 63.5 cm³/mol. The number of nitrogens with two attached hydrogens (primary N) is 1. The molecule has 1 amide bonds. The molecule has 2 rings (SSSR count). The molecule has 5 nitrogen and oxygen atoms in total. The van der Waals surface area contributed by atoms with Gasteiger partial charge in [0.25, 0.3) is 5.91 Å². The van der Waals surface area contributed by atoms with Crippen molar-refractivity contribution in [2.24, 2.45) is 18.7 Å². The molecule has 1 aliphatic rings. The molecule has 0 aliphatic heterocycles. The zero-order valence-electron chi connectivity index (χ0n) is 9.22. The number of nitrogens with zero attached hydrogens (tertiary/aromatic N) is 2. The van der Waals surface area contributed by atoms with E-state index in [1.54, 1.807) is 24.1 Å². The summed E-state index contributed by atoms with van der Waals surface area (Å²) in [6, 6.07) is 0.102. The van der Waals surface area contributed by atoms with Gasteiger partial charge < -0.3 is 11.1 Å². The highest BCUT2D eigenvalue weighted by atomic mass is 35.5. The molecule has 1 heterocycles. The van der Waals surface area contributed by atoms with Crippen molar-refractivity contribution in [3.8, 4) is 0 Å². The Hall–Kier alpha value is -1.07. The lowest BCUT2D eigenvalue weighted by Gasteiger charge is -2.10. The van der Waals surface area contributed by atoms with Gasteiger partial charge in [0.1, 0.15) is 0 Å². The van der Waals surface area contributed by atoms with Gasteiger partial charge in [-0.15, -0.1) is 12.4 Å². The summed E-state index contributed by atoms with van der Waals surface area (Å²) in [6.45, 7) is 0.554. The predicted octanol–water partition coefficient (Wildman–Crippen LogP) is 0.309. The average Bonchev–Trinajstić information content (AvgIpc) is 2.97. The minimum absolute atomic E-state index is 0. The Morgan fingerprint density at radius 2 is 2.44 bits per heavy atom. The van der Waals surface area contributed by atoms with Crippen LogP contribution in [-0.2, 0) is 7.05 Å². The smallest absolute Gasteiger partial charge is 0.254 e. The highest BCUT2D eigenvalue weighted by Gasteiger charge is 2.28. The molecule has 1 unspecified atom stereocenters. The number of carbonyl (C=O) groups excluding carboxylic acids is 1. The number of aromatic nitrogens is 2. The molecule has 1 atom stereocenters. The molecule has 0 spiro atoms. The van der Waals surface area contributed by atoms with Gasteiger partial charge in [-0.1, -0.05) is 0 Å². The Labute approximate surface area is 101 Å². The van der Waals surface area contributed by atoms with E-state index in [0.29, 0.717) is 18.0 Å². The van der Waals surface area contributed by atoms with E-state index in [1.807, 2.05) is 0 Å². The molecule has 1 fully saturated rings. The van der Waals surface area contributed by atoms with Crippen LogP contribution in [-0.4, -0.2) is 28.3 Å². The van der Waals surface area contributed by atoms with E-state index in [2.05, 4.69) is 10.4 Å². The number of nitrogens with one attached hydrogen (secondary N) is 1. The van der Waals surface area contributed by atoms with Crippen molar-refractivity contribution in [3.63, 3.8) is 0 Å². The normalized spacial score (nSPS) is 16.4. The maximum atomic E-state index is 11.6. The van der Waals surface area contributed by atoms with Gasteiger partial charge in [-0.3, -0.25) is 9.48 Å². The molecular formula is C10H17ClN4O. The van der Waals surface area contributed by atoms with Crippen LogP contribution in [0.4, 0.5) is 0 Å². The standard InChI is InChI=1S/C10H16N4O.ClH/c1-14-6-8(4-13-14)10(15)12-5-9(11)7-2-3-7;/h4,6-7,9H,2-3,5,11H2,1H3,(H,12,15);1H. The van der Waals surface area contributed by atoms with Crippen LogP contribution < -0.4 is 11.1 Å². The van der Waals surface area contributed by atoms with E-state index in [0.717, 1.165) is 0 Å². The summed E-state index contributed by atoms with van der Waals surface area (Å²) < 4.78 is 1.61. The summed E-state index contributed by atoms with van der Waals surface area (Å²) in [6.07, 6.45) is 5.64. The third-order valence-electron chi connectivity index (χ3n) is 2.69. The average molecular weight is 245 g/mol. The molecule has 16 heavy (non-hydrogen) atoms. The van der Waals surface area contributed by atoms with Gasteiger partial charge in [0.15, 0.2) is 0 Å². The van der Waals surface area contributed by atoms with Gasteiger partial charge in [0.05, 0.1) is 11.8 Å². The van der Waals surface area contributed by atoms with Gasteiger partial charge in [-0.2, -0.15) is 5.10 Å². The number of amides is 1. The summed E-state index contributed by atoms with van der Waals surface area (Å²) in [5.74, 6) is 0.512. The minimum Gasteiger partial charge on any atom is -0.350 e. The second kappa shape index (κ2) is 5.32. The number of aryl methyl sites for hydroxylation is 1. The van der Waals surface area contributed by atoms with Crippen LogP contribution in [0.2, 0.25) is 0 Å². The molecule has 1 aromatic rings. The molecule has 0 aromatic carbocycles. The van der Waals surface area contributed by atoms with Crippen LogP contribution in [0, 0.1) is 5.92 Å². The number of hydrogen-bond acceptors (Lipinski definition) is 3. The van der Waals surface area contributed by atoms with Crippen molar-refractivity contribution in [1.82, 2.24) is 15.1 Å². The van der Waals surface area contributed by atoms with Crippen LogP contribution in [0.5, 0.6) is 0 Å². The van der Waals surface area contributed by atoms with Gasteiger partial charge in [-0.25, -0.2) is 0 Å². The van der Waals surface area contributed by atoms with Crippen molar-refractivity contribution >= 4 is 18.3 Å². The summed E-state index contributed by atoms with van der Waals surface area (Å²) in [5.41, 5.74) is 6.46. The second-order valence-electron chi connectivity index (χ2n) is 4.11. The summed E-state index contributed by atoms with van der Waals surface area (Å²) in [4.78, 5) is 11.6. The van der Waals surface area contributed by atoms with Gasteiger partial charge in [0, 0.05) is 25.8 Å². The monoisotopic (exact) mass is 244 g/mol. The second-order valence-corrected chi connectivity index (χ2v) is 4.11. The molecule has 1 aliphatic carbocycles. The largest absolute Gasteiger partial charge is 0.350 e. The first-order chi connectivity index (χ1) is 7.16. The fraction of sp³-hybridized carbons (Fsp3) is 0.600. The molecule has 90 valence electrons. The first-order valence-corrected chi connectivity index (χ1v) is 5.19. The highest BCUT2D eigenvalue weighted by molar-refractivity contribution is 5.93. The minimum atomic E-state index is -0.0980. The van der Waals surface area contributed by atoms with Crippen LogP contribution in [0.15, 0.2) is 12.4 Å². The van der Waals surface area contributed by atoms with Crippen molar-refractivity contribution in [2.45, 2.75) is 18.9 Å². The molecule has 3 N–H and O–H groups in total. The van der Waals surface area contributed by atoms with Gasteiger partial charge in [0.2, 0.25) is 0 Å². The van der Waals surface area contributed by atoms with E-state index in [9.17, 15) is 4.79 Å². The first kappa shape index (κ1) is 13.0. The Morgan fingerprint density at radius 1 is 1.75 bits per heavy atom. The number of rotatable bonds is 4. The zero-order chi connectivity index (χ0) is 10.8. The Morgan fingerprint density at radius 3 is 2.94 bits per heavy atom. The molecular weight excluding hydrogens is 228 g/mol. The lowest BCUT2D eigenvalue weighted by molar-refractivity contribution is 0.0950. The van der Waals surface area contributed by atoms with Crippen LogP contribution in [0.3, 0.4) is 0 Å². The summed E-state index contributed by atoms with van der Waals surface area (Å²) in [7, 11) is 1.78. The number of carbonyl (C=O) groups is 1. The van der Waals surface area contributed by atoms with Gasteiger partial charge in [-0.05, 0) is 18.8 Å². The fourth-order valence-corrected chi connectivity index (χ4v) is 1.54. The third kappa shape index (κ3) is 3.21. The SMILES string of the molecule is Cl.Cn1cc(C(=O)NCC(N)C2CC2)cn1. The Bertz CT molecular complexity index is 361. The highest BCUT2D eigenvalue weighted by Crippen LogP contribution is 2.31. The van der Waals surface area contributed by atoms with Crippen molar-refractivity contribution < 1.29 is 4.79 Å². The van der Waals surface area contributed by atoms with Crippen LogP contribution >= 0.6 is 12.4 Å². The lowest BCUT2D eigenvalue weighted by atomic mass is 10.2. The Kier molecular flexibility index (Phi) is 4.32. The summed E-state index contributed by atoms with van der Waals surface area (Å²) >= 11 is 0. The molecule has 1 aromatic heterocycles. The van der Waals surface area contributed by atoms with Crippen molar-refractivity contribution in [2.75, 3.05) is 6.54 Å². The van der Waals surface area contributed by atoms with Crippen molar-refractivity contribution in [3.05, 3.63) is 18.0 Å². The molecule has 0 radical (unpaired) electrons. The van der Waals surface area contributed by atoms with E-state index in [1.165, 1.54) is 12.8 Å². The van der Waals surface area contributed by atoms with Crippen molar-refractivity contribution in [1.29, 1.82) is 0 Å². The van der Waals surface area contributed by atoms with Gasteiger partial charge >= 0.3 is 0 Å². The van der Waals surface area contributed by atoms with E-state index in [-0.39, 0.29) is 24.4 Å². The number of halogens is 1. The van der Waals surface area contributed by atoms with E-state index < -0.39 is 0 Å². The van der Waals surface area contributed by atoms with Crippen LogP contribution in [0.25, 0.3) is 0 Å². The molecule has 1 saturated carbocycles. The maximum absolute atomic E-state index is 11.6. The molecule has 6 heteroatoms. The Balaban J connectivity index is 0.00000128. The van der Waals surface area contributed by atoms with Crippen LogP contribution in [0.1, 0.15) is 23.2 Å². The topological polar surface area (TPSA) is 72.9 Å². The zero-order valence-corrected chi connectivity index (χ0v) is 10.0.